The molecule has 0 aromatic carbocycles. The normalized spacial score (nSPS) is 14.7. The summed E-state index contributed by atoms with van der Waals surface area (Å²) >= 11 is 0. The largest absolute Gasteiger partial charge is 0.481 e. The molecule has 0 atom stereocenters. The first-order valence-electron chi connectivity index (χ1n) is 11.0. The molecule has 1 fully saturated rings. The van der Waals surface area contributed by atoms with Crippen LogP contribution in [-0.4, -0.2) is 109 Å². The third-order valence-corrected chi connectivity index (χ3v) is 4.43. The van der Waals surface area contributed by atoms with Crippen molar-refractivity contribution in [3.05, 3.63) is 0 Å². The first-order valence-corrected chi connectivity index (χ1v) is 11.0. The van der Waals surface area contributed by atoms with Crippen molar-refractivity contribution in [2.75, 3.05) is 86.4 Å². The van der Waals surface area contributed by atoms with Crippen molar-refractivity contribution in [2.24, 2.45) is 5.73 Å². The molecule has 0 radical (unpaired) electrons. The predicted octanol–water partition coefficient (Wildman–Crippen LogP) is 1.07. The van der Waals surface area contributed by atoms with Gasteiger partial charge in [-0.3, -0.25) is 10.2 Å². The summed E-state index contributed by atoms with van der Waals surface area (Å²) in [6.45, 7) is 7.44. The van der Waals surface area contributed by atoms with E-state index in [1.165, 1.54) is 0 Å². The fraction of sp³-hybridized carbons (Fsp3) is 0.905. The SMILES string of the molecule is CC(=O)O.COCCOCCOCCOCCOCCOCCOC1(C(=N)N)CCCC1. The minimum absolute atomic E-state index is 0.133. The average molecular weight is 467 g/mol. The summed E-state index contributed by atoms with van der Waals surface area (Å²) in [6.07, 6.45) is 3.79. The molecule has 1 aliphatic carbocycles. The highest BCUT2D eigenvalue weighted by molar-refractivity contribution is 5.86. The van der Waals surface area contributed by atoms with Crippen molar-refractivity contribution >= 4 is 11.8 Å². The molecule has 4 N–H and O–H groups in total. The van der Waals surface area contributed by atoms with E-state index in [0.29, 0.717) is 79.3 Å². The summed E-state index contributed by atoms with van der Waals surface area (Å²) in [5.74, 6) is -0.700. The van der Waals surface area contributed by atoms with E-state index in [2.05, 4.69) is 0 Å². The summed E-state index contributed by atoms with van der Waals surface area (Å²) in [5.41, 5.74) is 5.12. The van der Waals surface area contributed by atoms with Gasteiger partial charge in [0.2, 0.25) is 0 Å². The van der Waals surface area contributed by atoms with Crippen molar-refractivity contribution in [3.8, 4) is 0 Å². The monoisotopic (exact) mass is 466 g/mol. The standard InChI is InChI=1S/C19H38N2O7.C2H4O2/c1-22-6-7-23-8-9-24-10-11-25-12-13-26-14-15-27-16-17-28-19(18(20)21)4-2-3-5-19;1-2(3)4/h2-17H2,1H3,(H3,20,21);1H3,(H,3,4). The number of methoxy groups -OCH3 is 1. The van der Waals surface area contributed by atoms with Gasteiger partial charge in [0.25, 0.3) is 5.97 Å². The Morgan fingerprint density at radius 2 is 1.09 bits per heavy atom. The molecular formula is C21H42N2O9. The van der Waals surface area contributed by atoms with Crippen LogP contribution in [0.4, 0.5) is 0 Å². The van der Waals surface area contributed by atoms with Gasteiger partial charge in [-0.25, -0.2) is 0 Å². The van der Waals surface area contributed by atoms with Crippen LogP contribution in [0, 0.1) is 5.41 Å². The summed E-state index contributed by atoms with van der Waals surface area (Å²) in [6, 6.07) is 0. The van der Waals surface area contributed by atoms with Gasteiger partial charge in [-0.15, -0.1) is 0 Å². The number of hydrogen-bond donors (Lipinski definition) is 3. The molecule has 1 rings (SSSR count). The zero-order valence-electron chi connectivity index (χ0n) is 19.6. The second-order valence-electron chi connectivity index (χ2n) is 7.04. The summed E-state index contributed by atoms with van der Waals surface area (Å²) in [7, 11) is 1.65. The Morgan fingerprint density at radius 3 is 1.41 bits per heavy atom. The topological polar surface area (TPSA) is 152 Å². The van der Waals surface area contributed by atoms with E-state index in [0.717, 1.165) is 32.6 Å². The lowest BCUT2D eigenvalue weighted by Crippen LogP contribution is -2.44. The molecule has 0 aromatic rings. The molecule has 0 bridgehead atoms. The molecule has 1 aliphatic rings. The average Bonchev–Trinajstić information content (AvgIpc) is 3.23. The third-order valence-electron chi connectivity index (χ3n) is 4.43. The molecule has 0 heterocycles. The predicted molar refractivity (Wildman–Crippen MR) is 118 cm³/mol. The van der Waals surface area contributed by atoms with Crippen LogP contribution in [-0.2, 0) is 38.0 Å². The van der Waals surface area contributed by atoms with Crippen LogP contribution in [0.1, 0.15) is 32.6 Å². The molecule has 0 aromatic heterocycles. The van der Waals surface area contributed by atoms with Gasteiger partial charge in [0.15, 0.2) is 0 Å². The number of rotatable bonds is 20. The second kappa shape index (κ2) is 21.5. The van der Waals surface area contributed by atoms with Gasteiger partial charge in [-0.2, -0.15) is 0 Å². The van der Waals surface area contributed by atoms with Gasteiger partial charge < -0.3 is 44.0 Å². The molecular weight excluding hydrogens is 424 g/mol. The van der Waals surface area contributed by atoms with Crippen molar-refractivity contribution in [3.63, 3.8) is 0 Å². The minimum atomic E-state index is -0.833. The lowest BCUT2D eigenvalue weighted by molar-refractivity contribution is -0.134. The van der Waals surface area contributed by atoms with Gasteiger partial charge in [0, 0.05) is 14.0 Å². The summed E-state index contributed by atoms with van der Waals surface area (Å²) in [4.78, 5) is 9.00. The zero-order valence-corrected chi connectivity index (χ0v) is 19.6. The first kappa shape index (κ1) is 30.7. The number of carboxylic acid groups (broad SMARTS) is 1. The Morgan fingerprint density at radius 1 is 0.781 bits per heavy atom. The fourth-order valence-electron chi connectivity index (χ4n) is 2.86. The Balaban J connectivity index is 0.00000220. The van der Waals surface area contributed by atoms with Gasteiger partial charge in [0.05, 0.1) is 79.3 Å². The van der Waals surface area contributed by atoms with Gasteiger partial charge in [-0.1, -0.05) is 0 Å². The van der Waals surface area contributed by atoms with E-state index < -0.39 is 11.6 Å². The first-order chi connectivity index (χ1) is 15.4. The Hall–Kier alpha value is -1.34. The van der Waals surface area contributed by atoms with Crippen LogP contribution in [0.2, 0.25) is 0 Å². The third kappa shape index (κ3) is 18.3. The van der Waals surface area contributed by atoms with Gasteiger partial charge in [0.1, 0.15) is 11.4 Å². The van der Waals surface area contributed by atoms with Gasteiger partial charge >= 0.3 is 0 Å². The number of ether oxygens (including phenoxy) is 7. The van der Waals surface area contributed by atoms with Crippen molar-refractivity contribution < 1.29 is 43.1 Å². The number of carbonyl (C=O) groups is 1. The van der Waals surface area contributed by atoms with Crippen LogP contribution >= 0.6 is 0 Å². The lowest BCUT2D eigenvalue weighted by atomic mass is 10.0. The van der Waals surface area contributed by atoms with E-state index in [-0.39, 0.29) is 5.84 Å². The summed E-state index contributed by atoms with van der Waals surface area (Å²) in [5, 5.41) is 15.1. The molecule has 190 valence electrons. The molecule has 0 aliphatic heterocycles. The molecule has 0 spiro atoms. The zero-order chi connectivity index (χ0) is 23.9. The highest BCUT2D eigenvalue weighted by Crippen LogP contribution is 2.32. The molecule has 32 heavy (non-hydrogen) atoms. The molecule has 11 nitrogen and oxygen atoms in total. The molecule has 0 amide bonds. The molecule has 0 unspecified atom stereocenters. The maximum absolute atomic E-state index is 9.00. The van der Waals surface area contributed by atoms with E-state index in [1.54, 1.807) is 7.11 Å². The van der Waals surface area contributed by atoms with Crippen molar-refractivity contribution in [2.45, 2.75) is 38.2 Å². The number of aliphatic carboxylic acids is 1. The lowest BCUT2D eigenvalue weighted by Gasteiger charge is -2.27. The Bertz CT molecular complexity index is 457. The second-order valence-corrected chi connectivity index (χ2v) is 7.04. The molecule has 0 saturated heterocycles. The maximum Gasteiger partial charge on any atom is 0.300 e. The smallest absolute Gasteiger partial charge is 0.300 e. The number of amidine groups is 1. The highest BCUT2D eigenvalue weighted by atomic mass is 16.6. The van der Waals surface area contributed by atoms with E-state index >= 15 is 0 Å². The van der Waals surface area contributed by atoms with Gasteiger partial charge in [-0.05, 0) is 25.7 Å². The maximum atomic E-state index is 9.00. The molecule has 1 saturated carbocycles. The number of nitrogens with one attached hydrogen (secondary N) is 1. The highest BCUT2D eigenvalue weighted by Gasteiger charge is 2.37. The van der Waals surface area contributed by atoms with E-state index in [1.807, 2.05) is 0 Å². The van der Waals surface area contributed by atoms with E-state index in [4.69, 9.17) is 54.2 Å². The molecule has 11 heteroatoms. The van der Waals surface area contributed by atoms with Crippen molar-refractivity contribution in [1.82, 2.24) is 0 Å². The van der Waals surface area contributed by atoms with Crippen LogP contribution in [0.5, 0.6) is 0 Å². The minimum Gasteiger partial charge on any atom is -0.481 e. The van der Waals surface area contributed by atoms with Crippen LogP contribution in [0.3, 0.4) is 0 Å². The van der Waals surface area contributed by atoms with E-state index in [9.17, 15) is 0 Å². The number of hydrogen-bond acceptors (Lipinski definition) is 9. The number of carboxylic acids is 1. The summed E-state index contributed by atoms with van der Waals surface area (Å²) < 4.78 is 37.7. The Kier molecular flexibility index (Phi) is 20.6. The van der Waals surface area contributed by atoms with Crippen LogP contribution in [0.25, 0.3) is 0 Å². The quantitative estimate of drug-likeness (QED) is 0.135. The fourth-order valence-corrected chi connectivity index (χ4v) is 2.86. The number of nitrogens with two attached hydrogens (primary N) is 1. The van der Waals surface area contributed by atoms with Crippen LogP contribution in [0.15, 0.2) is 0 Å². The van der Waals surface area contributed by atoms with Crippen LogP contribution < -0.4 is 5.73 Å². The Labute approximate surface area is 191 Å². The van der Waals surface area contributed by atoms with Crippen molar-refractivity contribution in [1.29, 1.82) is 5.41 Å².